The molecule has 0 fully saturated rings. The van der Waals surface area contributed by atoms with Crippen molar-refractivity contribution in [2.45, 2.75) is 6.92 Å². The van der Waals surface area contributed by atoms with Gasteiger partial charge in [0, 0.05) is 35.1 Å². The quantitative estimate of drug-likeness (QED) is 0.843. The average molecular weight is 300 g/mol. The third-order valence-corrected chi connectivity index (χ3v) is 3.89. The highest BCUT2D eigenvalue weighted by atomic mass is 35.5. The summed E-state index contributed by atoms with van der Waals surface area (Å²) in [7, 11) is 0. The maximum Gasteiger partial charge on any atom is 0.0623 e. The molecule has 0 spiro atoms. The summed E-state index contributed by atoms with van der Waals surface area (Å²) in [5.74, 6) is 0. The lowest BCUT2D eigenvalue weighted by molar-refractivity contribution is 0.846. The molecule has 3 N–H and O–H groups in total. The highest BCUT2D eigenvalue weighted by Crippen LogP contribution is 2.34. The van der Waals surface area contributed by atoms with E-state index in [0.29, 0.717) is 0 Å². The largest absolute Gasteiger partial charge is 0.401 e. The monoisotopic (exact) mass is 299 g/mol. The number of benzene rings is 2. The van der Waals surface area contributed by atoms with Crippen LogP contribution in [-0.4, -0.2) is 13.1 Å². The molecule has 0 saturated carbocycles. The molecule has 21 heavy (non-hydrogen) atoms. The standard InChI is InChI=1S/C17H18ClN3/c1-12(19)17-15-4-2-3-5-16(15)21(11-10-20-17)14-8-6-13(18)7-9-14/h2-9,20H,10-11,19H2,1H3/b17-12-. The summed E-state index contributed by atoms with van der Waals surface area (Å²) in [6.07, 6.45) is 0. The van der Waals surface area contributed by atoms with Crippen LogP contribution in [0.3, 0.4) is 0 Å². The van der Waals surface area contributed by atoms with Crippen LogP contribution in [0.4, 0.5) is 11.4 Å². The van der Waals surface area contributed by atoms with Crippen LogP contribution in [0.15, 0.2) is 54.2 Å². The van der Waals surface area contributed by atoms with E-state index in [4.69, 9.17) is 17.3 Å². The molecule has 3 rings (SSSR count). The Morgan fingerprint density at radius 1 is 1.14 bits per heavy atom. The van der Waals surface area contributed by atoms with E-state index in [9.17, 15) is 0 Å². The number of anilines is 2. The van der Waals surface area contributed by atoms with Gasteiger partial charge in [-0.1, -0.05) is 29.8 Å². The van der Waals surface area contributed by atoms with Crippen molar-refractivity contribution >= 4 is 28.7 Å². The van der Waals surface area contributed by atoms with Gasteiger partial charge < -0.3 is 16.0 Å². The van der Waals surface area contributed by atoms with E-state index in [1.54, 1.807) is 0 Å². The number of hydrogen-bond acceptors (Lipinski definition) is 3. The van der Waals surface area contributed by atoms with Gasteiger partial charge >= 0.3 is 0 Å². The van der Waals surface area contributed by atoms with Gasteiger partial charge in [0.25, 0.3) is 0 Å². The Hall–Kier alpha value is -2.13. The summed E-state index contributed by atoms with van der Waals surface area (Å²) >= 11 is 5.99. The summed E-state index contributed by atoms with van der Waals surface area (Å²) in [6.45, 7) is 3.63. The summed E-state index contributed by atoms with van der Waals surface area (Å²) in [6, 6.07) is 16.2. The minimum atomic E-state index is 0.748. The van der Waals surface area contributed by atoms with Crippen molar-refractivity contribution in [3.05, 3.63) is 64.8 Å². The van der Waals surface area contributed by atoms with Gasteiger partial charge in [0.05, 0.1) is 11.4 Å². The van der Waals surface area contributed by atoms with Crippen LogP contribution in [-0.2, 0) is 0 Å². The van der Waals surface area contributed by atoms with Crippen LogP contribution in [0.1, 0.15) is 12.5 Å². The molecule has 1 heterocycles. The predicted molar refractivity (Wildman–Crippen MR) is 89.7 cm³/mol. The molecule has 3 nitrogen and oxygen atoms in total. The zero-order valence-electron chi connectivity index (χ0n) is 11.9. The summed E-state index contributed by atoms with van der Waals surface area (Å²) < 4.78 is 0. The van der Waals surface area contributed by atoms with E-state index in [2.05, 4.69) is 28.4 Å². The molecule has 108 valence electrons. The minimum absolute atomic E-state index is 0.748. The molecule has 0 bridgehead atoms. The second-order valence-corrected chi connectivity index (χ2v) is 5.57. The Morgan fingerprint density at radius 3 is 2.57 bits per heavy atom. The first-order valence-corrected chi connectivity index (χ1v) is 7.37. The number of halogens is 1. The first-order valence-electron chi connectivity index (χ1n) is 6.99. The maximum absolute atomic E-state index is 6.04. The average Bonchev–Trinajstić information content (AvgIpc) is 2.68. The Kier molecular flexibility index (Phi) is 3.76. The molecule has 0 radical (unpaired) electrons. The SMILES string of the molecule is C/C(N)=C1/NCCN(c2ccc(Cl)cc2)c2ccccc21. The molecular formula is C17H18ClN3. The molecule has 0 unspecified atom stereocenters. The molecule has 1 aliphatic rings. The van der Waals surface area contributed by atoms with Crippen molar-refractivity contribution in [1.82, 2.24) is 5.32 Å². The van der Waals surface area contributed by atoms with E-state index in [0.717, 1.165) is 46.4 Å². The molecule has 0 aromatic heterocycles. The first-order chi connectivity index (χ1) is 10.2. The van der Waals surface area contributed by atoms with Gasteiger partial charge in [-0.25, -0.2) is 0 Å². The number of para-hydroxylation sites is 1. The normalized spacial score (nSPS) is 16.8. The van der Waals surface area contributed by atoms with E-state index in [1.807, 2.05) is 37.3 Å². The number of nitrogens with one attached hydrogen (secondary N) is 1. The zero-order chi connectivity index (χ0) is 14.8. The van der Waals surface area contributed by atoms with Crippen LogP contribution >= 0.6 is 11.6 Å². The van der Waals surface area contributed by atoms with Gasteiger partial charge in [-0.3, -0.25) is 0 Å². The molecule has 2 aromatic rings. The third kappa shape index (κ3) is 2.69. The number of fused-ring (bicyclic) bond motifs is 1. The third-order valence-electron chi connectivity index (χ3n) is 3.63. The fourth-order valence-electron chi connectivity index (χ4n) is 2.67. The molecular weight excluding hydrogens is 282 g/mol. The smallest absolute Gasteiger partial charge is 0.0623 e. The molecule has 1 aliphatic heterocycles. The second-order valence-electron chi connectivity index (χ2n) is 5.13. The lowest BCUT2D eigenvalue weighted by Gasteiger charge is -2.24. The van der Waals surface area contributed by atoms with Gasteiger partial charge in [-0.2, -0.15) is 0 Å². The summed E-state index contributed by atoms with van der Waals surface area (Å²) in [5, 5.41) is 4.18. The first kappa shape index (κ1) is 13.8. The van der Waals surface area contributed by atoms with Crippen LogP contribution < -0.4 is 16.0 Å². The Morgan fingerprint density at radius 2 is 1.86 bits per heavy atom. The molecule has 2 aromatic carbocycles. The zero-order valence-corrected chi connectivity index (χ0v) is 12.7. The van der Waals surface area contributed by atoms with Crippen molar-refractivity contribution in [2.24, 2.45) is 5.73 Å². The number of nitrogens with zero attached hydrogens (tertiary/aromatic N) is 1. The molecule has 0 aliphatic carbocycles. The number of allylic oxidation sites excluding steroid dienone is 1. The van der Waals surface area contributed by atoms with Gasteiger partial charge in [-0.15, -0.1) is 0 Å². The molecule has 0 amide bonds. The van der Waals surface area contributed by atoms with Crippen molar-refractivity contribution < 1.29 is 0 Å². The van der Waals surface area contributed by atoms with Crippen molar-refractivity contribution in [3.63, 3.8) is 0 Å². The van der Waals surface area contributed by atoms with Crippen LogP contribution in [0, 0.1) is 0 Å². The second kappa shape index (κ2) is 5.70. The van der Waals surface area contributed by atoms with Crippen LogP contribution in [0.5, 0.6) is 0 Å². The van der Waals surface area contributed by atoms with E-state index in [-0.39, 0.29) is 0 Å². The van der Waals surface area contributed by atoms with E-state index >= 15 is 0 Å². The highest BCUT2D eigenvalue weighted by Gasteiger charge is 2.19. The highest BCUT2D eigenvalue weighted by molar-refractivity contribution is 6.30. The van der Waals surface area contributed by atoms with Crippen LogP contribution in [0.2, 0.25) is 5.02 Å². The van der Waals surface area contributed by atoms with E-state index in [1.165, 1.54) is 0 Å². The molecule has 0 atom stereocenters. The predicted octanol–water partition coefficient (Wildman–Crippen LogP) is 3.73. The van der Waals surface area contributed by atoms with Crippen molar-refractivity contribution in [3.8, 4) is 0 Å². The van der Waals surface area contributed by atoms with Crippen molar-refractivity contribution in [2.75, 3.05) is 18.0 Å². The number of hydrogen-bond donors (Lipinski definition) is 2. The summed E-state index contributed by atoms with van der Waals surface area (Å²) in [4.78, 5) is 2.29. The van der Waals surface area contributed by atoms with Gasteiger partial charge in [0.2, 0.25) is 0 Å². The maximum atomic E-state index is 6.04. The van der Waals surface area contributed by atoms with Gasteiger partial charge in [-0.05, 0) is 37.3 Å². The Labute approximate surface area is 130 Å². The Bertz CT molecular complexity index is 673. The number of nitrogens with two attached hydrogens (primary N) is 1. The van der Waals surface area contributed by atoms with Gasteiger partial charge in [0.15, 0.2) is 0 Å². The van der Waals surface area contributed by atoms with Crippen LogP contribution in [0.25, 0.3) is 5.70 Å². The Balaban J connectivity index is 2.12. The lowest BCUT2D eigenvalue weighted by Crippen LogP contribution is -2.24. The fraction of sp³-hybridized carbons (Fsp3) is 0.176. The molecule has 0 saturated heterocycles. The minimum Gasteiger partial charge on any atom is -0.401 e. The fourth-order valence-corrected chi connectivity index (χ4v) is 2.80. The van der Waals surface area contributed by atoms with Crippen molar-refractivity contribution in [1.29, 1.82) is 0 Å². The summed E-state index contributed by atoms with van der Waals surface area (Å²) in [5.41, 5.74) is 11.3. The molecule has 4 heteroatoms. The van der Waals surface area contributed by atoms with Gasteiger partial charge in [0.1, 0.15) is 0 Å². The van der Waals surface area contributed by atoms with E-state index < -0.39 is 0 Å². The number of rotatable bonds is 1. The topological polar surface area (TPSA) is 41.3 Å². The lowest BCUT2D eigenvalue weighted by atomic mass is 10.1.